The molecule has 0 aromatic carbocycles. The molecule has 3 heterocycles. The molecule has 0 unspecified atom stereocenters. The molecule has 1 aromatic heterocycles. The molecule has 0 N–H and O–H groups in total. The quantitative estimate of drug-likeness (QED) is 0.793. The first kappa shape index (κ1) is 17.8. The number of amides is 2. The highest BCUT2D eigenvalue weighted by atomic mass is 16.5. The molecule has 0 aliphatic carbocycles. The summed E-state index contributed by atoms with van der Waals surface area (Å²) >= 11 is 0. The van der Waals surface area contributed by atoms with Gasteiger partial charge in [0, 0.05) is 38.9 Å². The number of piperidine rings is 1. The molecule has 136 valence electrons. The van der Waals surface area contributed by atoms with Crippen LogP contribution in [-0.4, -0.2) is 90.5 Å². The molecule has 2 amide bonds. The van der Waals surface area contributed by atoms with Gasteiger partial charge in [-0.15, -0.1) is 0 Å². The van der Waals surface area contributed by atoms with Crippen LogP contribution in [-0.2, 0) is 9.53 Å². The van der Waals surface area contributed by atoms with E-state index in [2.05, 4.69) is 9.88 Å². The Morgan fingerprint density at radius 1 is 1.32 bits per heavy atom. The molecular formula is C18H26N4O3. The number of rotatable bonds is 4. The molecular weight excluding hydrogens is 320 g/mol. The fraction of sp³-hybridized carbons (Fsp3) is 0.611. The number of likely N-dealkylation sites (tertiary alicyclic amines) is 1. The van der Waals surface area contributed by atoms with E-state index < -0.39 is 0 Å². The second-order valence-electron chi connectivity index (χ2n) is 7.10. The first-order chi connectivity index (χ1) is 12.0. The van der Waals surface area contributed by atoms with E-state index in [1.54, 1.807) is 18.3 Å². The van der Waals surface area contributed by atoms with Crippen molar-refractivity contribution in [3.63, 3.8) is 0 Å². The van der Waals surface area contributed by atoms with Gasteiger partial charge < -0.3 is 19.4 Å². The monoisotopic (exact) mass is 346 g/mol. The summed E-state index contributed by atoms with van der Waals surface area (Å²) in [4.78, 5) is 34.6. The topological polar surface area (TPSA) is 66.0 Å². The summed E-state index contributed by atoms with van der Waals surface area (Å²) in [6.45, 7) is 3.57. The molecule has 2 saturated heterocycles. The third-order valence-electron chi connectivity index (χ3n) is 5.00. The maximum Gasteiger partial charge on any atom is 0.272 e. The van der Waals surface area contributed by atoms with Crippen molar-refractivity contribution >= 4 is 11.8 Å². The van der Waals surface area contributed by atoms with Crippen LogP contribution in [0.4, 0.5) is 0 Å². The number of likely N-dealkylation sites (N-methyl/N-ethyl adjacent to an activating group) is 1. The molecule has 0 atom stereocenters. The Bertz CT molecular complexity index is 612. The average molecular weight is 346 g/mol. The van der Waals surface area contributed by atoms with Gasteiger partial charge in [0.2, 0.25) is 5.91 Å². The fourth-order valence-corrected chi connectivity index (χ4v) is 3.38. The van der Waals surface area contributed by atoms with E-state index in [-0.39, 0.29) is 24.0 Å². The maximum absolute atomic E-state index is 12.5. The number of carbonyl (C=O) groups excluding carboxylic acids is 2. The van der Waals surface area contributed by atoms with E-state index in [0.29, 0.717) is 31.9 Å². The molecule has 2 fully saturated rings. The highest BCUT2D eigenvalue weighted by Gasteiger charge is 2.43. The number of morpholine rings is 1. The van der Waals surface area contributed by atoms with Gasteiger partial charge in [0.15, 0.2) is 0 Å². The van der Waals surface area contributed by atoms with Crippen LogP contribution in [0.2, 0.25) is 0 Å². The van der Waals surface area contributed by atoms with Gasteiger partial charge in [-0.1, -0.05) is 6.07 Å². The predicted octanol–water partition coefficient (Wildman–Crippen LogP) is 0.477. The van der Waals surface area contributed by atoms with E-state index >= 15 is 0 Å². The third kappa shape index (κ3) is 4.16. The summed E-state index contributed by atoms with van der Waals surface area (Å²) in [6.07, 6.45) is 3.13. The SMILES string of the molecule is CN(C)CCN1CC2(CCN(C(=O)c3ccccn3)CC2)OCC1=O. The Morgan fingerprint density at radius 3 is 2.72 bits per heavy atom. The average Bonchev–Trinajstić information content (AvgIpc) is 2.63. The van der Waals surface area contributed by atoms with Gasteiger partial charge in [0.25, 0.3) is 5.91 Å². The molecule has 0 radical (unpaired) electrons. The van der Waals surface area contributed by atoms with Crippen LogP contribution in [0.3, 0.4) is 0 Å². The Kier molecular flexibility index (Phi) is 5.34. The highest BCUT2D eigenvalue weighted by Crippen LogP contribution is 2.30. The molecule has 1 aromatic rings. The lowest BCUT2D eigenvalue weighted by molar-refractivity contribution is -0.170. The number of hydrogen-bond donors (Lipinski definition) is 0. The van der Waals surface area contributed by atoms with E-state index in [0.717, 1.165) is 19.4 Å². The molecule has 0 bridgehead atoms. The van der Waals surface area contributed by atoms with Crippen molar-refractivity contribution < 1.29 is 14.3 Å². The zero-order valence-electron chi connectivity index (χ0n) is 15.0. The number of hydrogen-bond acceptors (Lipinski definition) is 5. The van der Waals surface area contributed by atoms with Crippen LogP contribution in [0.15, 0.2) is 24.4 Å². The Labute approximate surface area is 148 Å². The number of carbonyl (C=O) groups is 2. The third-order valence-corrected chi connectivity index (χ3v) is 5.00. The van der Waals surface area contributed by atoms with Crippen molar-refractivity contribution in [3.8, 4) is 0 Å². The summed E-state index contributed by atoms with van der Waals surface area (Å²) in [5.41, 5.74) is 0.159. The molecule has 0 saturated carbocycles. The minimum absolute atomic E-state index is 0.0354. The molecule has 3 rings (SSSR count). The van der Waals surface area contributed by atoms with Crippen LogP contribution in [0.1, 0.15) is 23.3 Å². The Hall–Kier alpha value is -1.99. The molecule has 25 heavy (non-hydrogen) atoms. The van der Waals surface area contributed by atoms with Gasteiger partial charge in [-0.3, -0.25) is 14.6 Å². The minimum Gasteiger partial charge on any atom is -0.363 e. The second kappa shape index (κ2) is 7.49. The van der Waals surface area contributed by atoms with Crippen molar-refractivity contribution in [3.05, 3.63) is 30.1 Å². The lowest BCUT2D eigenvalue weighted by Gasteiger charge is -2.47. The smallest absolute Gasteiger partial charge is 0.272 e. The van der Waals surface area contributed by atoms with Crippen LogP contribution in [0.5, 0.6) is 0 Å². The lowest BCUT2D eigenvalue weighted by atomic mass is 9.89. The summed E-state index contributed by atoms with van der Waals surface area (Å²) in [6, 6.07) is 5.37. The van der Waals surface area contributed by atoms with Crippen molar-refractivity contribution in [2.24, 2.45) is 0 Å². The van der Waals surface area contributed by atoms with Gasteiger partial charge in [-0.25, -0.2) is 0 Å². The molecule has 1 spiro atoms. The van der Waals surface area contributed by atoms with Gasteiger partial charge in [-0.2, -0.15) is 0 Å². The summed E-state index contributed by atoms with van der Waals surface area (Å²) in [5.74, 6) is 0.0197. The molecule has 2 aliphatic rings. The van der Waals surface area contributed by atoms with Crippen molar-refractivity contribution in [1.82, 2.24) is 19.7 Å². The zero-order chi connectivity index (χ0) is 17.9. The van der Waals surface area contributed by atoms with Crippen LogP contribution >= 0.6 is 0 Å². The lowest BCUT2D eigenvalue weighted by Crippen LogP contribution is -2.59. The first-order valence-electron chi connectivity index (χ1n) is 8.76. The summed E-state index contributed by atoms with van der Waals surface area (Å²) < 4.78 is 5.93. The van der Waals surface area contributed by atoms with Crippen LogP contribution < -0.4 is 0 Å². The minimum atomic E-state index is -0.318. The van der Waals surface area contributed by atoms with Crippen molar-refractivity contribution in [1.29, 1.82) is 0 Å². The normalized spacial score (nSPS) is 20.4. The van der Waals surface area contributed by atoms with Crippen molar-refractivity contribution in [2.45, 2.75) is 18.4 Å². The number of nitrogens with zero attached hydrogens (tertiary/aromatic N) is 4. The summed E-state index contributed by atoms with van der Waals surface area (Å²) in [5, 5.41) is 0. The number of ether oxygens (including phenoxy) is 1. The highest BCUT2D eigenvalue weighted by molar-refractivity contribution is 5.92. The largest absolute Gasteiger partial charge is 0.363 e. The summed E-state index contributed by atoms with van der Waals surface area (Å²) in [7, 11) is 4.00. The Balaban J connectivity index is 1.59. The van der Waals surface area contributed by atoms with E-state index in [1.807, 2.05) is 30.0 Å². The Morgan fingerprint density at radius 2 is 2.08 bits per heavy atom. The molecule has 7 heteroatoms. The second-order valence-corrected chi connectivity index (χ2v) is 7.10. The van der Waals surface area contributed by atoms with Gasteiger partial charge in [0.05, 0.1) is 5.60 Å². The van der Waals surface area contributed by atoms with E-state index in [4.69, 9.17) is 4.74 Å². The molecule has 2 aliphatic heterocycles. The van der Waals surface area contributed by atoms with E-state index in [1.165, 1.54) is 0 Å². The number of pyridine rings is 1. The van der Waals surface area contributed by atoms with Crippen molar-refractivity contribution in [2.75, 3.05) is 53.4 Å². The van der Waals surface area contributed by atoms with Gasteiger partial charge in [-0.05, 0) is 39.1 Å². The van der Waals surface area contributed by atoms with Crippen LogP contribution in [0, 0.1) is 0 Å². The first-order valence-corrected chi connectivity index (χ1v) is 8.76. The standard InChI is InChI=1S/C18H26N4O3/c1-20(2)11-12-22-14-18(25-13-16(22)23)6-9-21(10-7-18)17(24)15-5-3-4-8-19-15/h3-5,8H,6-7,9-14H2,1-2H3. The van der Waals surface area contributed by atoms with Gasteiger partial charge in [0.1, 0.15) is 12.3 Å². The van der Waals surface area contributed by atoms with Crippen LogP contribution in [0.25, 0.3) is 0 Å². The molecule has 7 nitrogen and oxygen atoms in total. The van der Waals surface area contributed by atoms with E-state index in [9.17, 15) is 9.59 Å². The fourth-order valence-electron chi connectivity index (χ4n) is 3.38. The maximum atomic E-state index is 12.5. The van der Waals surface area contributed by atoms with Gasteiger partial charge >= 0.3 is 0 Å². The number of aromatic nitrogens is 1. The predicted molar refractivity (Wildman–Crippen MR) is 93.2 cm³/mol. The zero-order valence-corrected chi connectivity index (χ0v) is 15.0.